The molecule has 0 radical (unpaired) electrons. The van der Waals surface area contributed by atoms with Gasteiger partial charge < -0.3 is 19.7 Å². The summed E-state index contributed by atoms with van der Waals surface area (Å²) in [6, 6.07) is 3.36. The van der Waals surface area contributed by atoms with Crippen LogP contribution in [0.4, 0.5) is 0 Å². The van der Waals surface area contributed by atoms with Gasteiger partial charge in [0.05, 0.1) is 19.4 Å². The smallest absolute Gasteiger partial charge is 0.287 e. The Bertz CT molecular complexity index is 426. The lowest BCUT2D eigenvalue weighted by Gasteiger charge is -2.37. The lowest BCUT2D eigenvalue weighted by molar-refractivity contribution is -0.134. The number of aliphatic hydroxyl groups is 1. The first kappa shape index (κ1) is 13.6. The third-order valence-corrected chi connectivity index (χ3v) is 3.32. The van der Waals surface area contributed by atoms with Gasteiger partial charge in [-0.3, -0.25) is 9.59 Å². The van der Waals surface area contributed by atoms with E-state index in [-0.39, 0.29) is 30.9 Å². The summed E-state index contributed by atoms with van der Waals surface area (Å²) in [5.41, 5.74) is 0. The van der Waals surface area contributed by atoms with E-state index >= 15 is 0 Å². The summed E-state index contributed by atoms with van der Waals surface area (Å²) in [5.74, 6) is -0.389. The minimum atomic E-state index is -0.407. The molecule has 1 aliphatic rings. The molecule has 2 amide bonds. The first-order valence-electron chi connectivity index (χ1n) is 6.44. The second-order valence-corrected chi connectivity index (χ2v) is 4.56. The van der Waals surface area contributed by atoms with Gasteiger partial charge in [0.1, 0.15) is 0 Å². The number of amides is 2. The van der Waals surface area contributed by atoms with E-state index in [9.17, 15) is 9.59 Å². The summed E-state index contributed by atoms with van der Waals surface area (Å²) < 4.78 is 4.94. The number of rotatable bonds is 6. The van der Waals surface area contributed by atoms with Gasteiger partial charge in [0.25, 0.3) is 5.91 Å². The predicted octanol–water partition coefficient (Wildman–Crippen LogP) is 0.383. The van der Waals surface area contributed by atoms with Gasteiger partial charge in [-0.2, -0.15) is 0 Å². The monoisotopic (exact) mass is 266 g/mol. The van der Waals surface area contributed by atoms with E-state index < -0.39 is 5.91 Å². The van der Waals surface area contributed by atoms with Crippen LogP contribution in [0.2, 0.25) is 0 Å². The molecule has 2 N–H and O–H groups in total. The second kappa shape index (κ2) is 6.38. The van der Waals surface area contributed by atoms with Crippen molar-refractivity contribution in [3.8, 4) is 0 Å². The van der Waals surface area contributed by atoms with Gasteiger partial charge in [-0.1, -0.05) is 0 Å². The van der Waals surface area contributed by atoms with Crippen LogP contribution in [0.25, 0.3) is 0 Å². The summed E-state index contributed by atoms with van der Waals surface area (Å²) >= 11 is 0. The van der Waals surface area contributed by atoms with Crippen molar-refractivity contribution >= 4 is 11.8 Å². The highest BCUT2D eigenvalue weighted by molar-refractivity contribution is 5.94. The normalized spacial score (nSPS) is 14.8. The zero-order chi connectivity index (χ0) is 13.7. The van der Waals surface area contributed by atoms with Crippen LogP contribution >= 0.6 is 0 Å². The van der Waals surface area contributed by atoms with Crippen LogP contribution in [-0.4, -0.2) is 47.6 Å². The number of carbonyl (C=O) groups is 2. The van der Waals surface area contributed by atoms with E-state index in [0.29, 0.717) is 6.54 Å². The number of hydrogen-bond donors (Lipinski definition) is 2. The van der Waals surface area contributed by atoms with Gasteiger partial charge in [-0.15, -0.1) is 0 Å². The number of nitrogens with one attached hydrogen (secondary N) is 1. The highest BCUT2D eigenvalue weighted by Gasteiger charge is 2.28. The van der Waals surface area contributed by atoms with E-state index in [1.165, 1.54) is 12.3 Å². The van der Waals surface area contributed by atoms with Crippen LogP contribution in [0.1, 0.15) is 29.8 Å². The lowest BCUT2D eigenvalue weighted by Crippen LogP contribution is -2.49. The highest BCUT2D eigenvalue weighted by atomic mass is 16.3. The average molecular weight is 266 g/mol. The van der Waals surface area contributed by atoms with E-state index in [1.807, 2.05) is 0 Å². The topological polar surface area (TPSA) is 82.8 Å². The zero-order valence-electron chi connectivity index (χ0n) is 10.7. The summed E-state index contributed by atoms with van der Waals surface area (Å²) in [6.45, 7) is 0.185. The van der Waals surface area contributed by atoms with Gasteiger partial charge in [0.2, 0.25) is 5.91 Å². The molecule has 1 heterocycles. The highest BCUT2D eigenvalue weighted by Crippen LogP contribution is 2.24. The molecule has 6 nitrogen and oxygen atoms in total. The maximum atomic E-state index is 12.0. The lowest BCUT2D eigenvalue weighted by atomic mass is 9.91. The Morgan fingerprint density at radius 1 is 1.47 bits per heavy atom. The quantitative estimate of drug-likeness (QED) is 0.780. The fourth-order valence-electron chi connectivity index (χ4n) is 2.07. The Balaban J connectivity index is 1.83. The molecule has 0 atom stereocenters. The number of carbonyl (C=O) groups excluding carboxylic acids is 2. The standard InChI is InChI=1S/C13H18N2O4/c16-7-6-15(10-3-1-4-10)12(17)9-14-13(18)11-5-2-8-19-11/h2,5,8,10,16H,1,3-4,6-7,9H2,(H,14,18). The minimum absolute atomic E-state index is 0.0611. The van der Waals surface area contributed by atoms with Crippen molar-refractivity contribution in [1.82, 2.24) is 10.2 Å². The molecule has 2 rings (SSSR count). The molecule has 1 aromatic heterocycles. The first-order valence-corrected chi connectivity index (χ1v) is 6.44. The SMILES string of the molecule is O=C(NCC(=O)N(CCO)C1CCC1)c1ccco1. The molecule has 19 heavy (non-hydrogen) atoms. The Kier molecular flexibility index (Phi) is 4.57. The molecule has 0 aliphatic heterocycles. The van der Waals surface area contributed by atoms with Crippen LogP contribution < -0.4 is 5.32 Å². The van der Waals surface area contributed by atoms with Crippen molar-refractivity contribution in [3.05, 3.63) is 24.2 Å². The van der Waals surface area contributed by atoms with Gasteiger partial charge in [-0.05, 0) is 31.4 Å². The second-order valence-electron chi connectivity index (χ2n) is 4.56. The van der Waals surface area contributed by atoms with Gasteiger partial charge in [0, 0.05) is 12.6 Å². The first-order chi connectivity index (χ1) is 9.22. The van der Waals surface area contributed by atoms with Crippen molar-refractivity contribution in [3.63, 3.8) is 0 Å². The largest absolute Gasteiger partial charge is 0.459 e. The van der Waals surface area contributed by atoms with Crippen LogP contribution in [0.5, 0.6) is 0 Å². The molecule has 1 saturated carbocycles. The molecule has 0 spiro atoms. The number of aliphatic hydroxyl groups excluding tert-OH is 1. The maximum Gasteiger partial charge on any atom is 0.287 e. The summed E-state index contributed by atoms with van der Waals surface area (Å²) in [4.78, 5) is 25.3. The predicted molar refractivity (Wildman–Crippen MR) is 67.5 cm³/mol. The van der Waals surface area contributed by atoms with Gasteiger partial charge >= 0.3 is 0 Å². The summed E-state index contributed by atoms with van der Waals surface area (Å²) in [5, 5.41) is 11.5. The fourth-order valence-corrected chi connectivity index (χ4v) is 2.07. The Hall–Kier alpha value is -1.82. The molecular formula is C13H18N2O4. The van der Waals surface area contributed by atoms with E-state index in [4.69, 9.17) is 9.52 Å². The Morgan fingerprint density at radius 2 is 2.26 bits per heavy atom. The molecular weight excluding hydrogens is 248 g/mol. The minimum Gasteiger partial charge on any atom is -0.459 e. The van der Waals surface area contributed by atoms with Crippen molar-refractivity contribution in [1.29, 1.82) is 0 Å². The number of nitrogens with zero attached hydrogens (tertiary/aromatic N) is 1. The van der Waals surface area contributed by atoms with E-state index in [0.717, 1.165) is 19.3 Å². The third-order valence-electron chi connectivity index (χ3n) is 3.32. The summed E-state index contributed by atoms with van der Waals surface area (Å²) in [6.07, 6.45) is 4.46. The van der Waals surface area contributed by atoms with Gasteiger partial charge in [0.15, 0.2) is 5.76 Å². The molecule has 0 unspecified atom stereocenters. The van der Waals surface area contributed by atoms with Crippen LogP contribution in [0.3, 0.4) is 0 Å². The van der Waals surface area contributed by atoms with Crippen LogP contribution in [0, 0.1) is 0 Å². The third kappa shape index (κ3) is 3.35. The maximum absolute atomic E-state index is 12.0. The van der Waals surface area contributed by atoms with Crippen molar-refractivity contribution in [2.45, 2.75) is 25.3 Å². The van der Waals surface area contributed by atoms with Crippen LogP contribution in [0.15, 0.2) is 22.8 Å². The average Bonchev–Trinajstić information content (AvgIpc) is 2.86. The molecule has 6 heteroatoms. The molecule has 1 fully saturated rings. The Morgan fingerprint density at radius 3 is 2.79 bits per heavy atom. The van der Waals surface area contributed by atoms with Crippen LogP contribution in [-0.2, 0) is 4.79 Å². The van der Waals surface area contributed by atoms with E-state index in [2.05, 4.69) is 5.32 Å². The molecule has 0 saturated heterocycles. The molecule has 0 bridgehead atoms. The van der Waals surface area contributed by atoms with Crippen molar-refractivity contribution in [2.24, 2.45) is 0 Å². The number of furan rings is 1. The molecule has 0 aromatic carbocycles. The van der Waals surface area contributed by atoms with E-state index in [1.54, 1.807) is 11.0 Å². The molecule has 1 aromatic rings. The Labute approximate surface area is 111 Å². The number of hydrogen-bond acceptors (Lipinski definition) is 4. The summed E-state index contributed by atoms with van der Waals surface area (Å²) in [7, 11) is 0. The molecule has 1 aliphatic carbocycles. The van der Waals surface area contributed by atoms with Crippen molar-refractivity contribution in [2.75, 3.05) is 19.7 Å². The fraction of sp³-hybridized carbons (Fsp3) is 0.538. The zero-order valence-corrected chi connectivity index (χ0v) is 10.7. The van der Waals surface area contributed by atoms with Gasteiger partial charge in [-0.25, -0.2) is 0 Å². The van der Waals surface area contributed by atoms with Crippen molar-refractivity contribution < 1.29 is 19.1 Å². The molecule has 104 valence electrons.